The normalized spacial score (nSPS) is 10.2. The van der Waals surface area contributed by atoms with Crippen LogP contribution in [0.25, 0.3) is 0 Å². The number of rotatable bonds is 4. The van der Waals surface area contributed by atoms with E-state index in [1.807, 2.05) is 0 Å². The minimum absolute atomic E-state index is 0.136. The molecule has 0 bridgehead atoms. The lowest BCUT2D eigenvalue weighted by Crippen LogP contribution is -2.21. The molecular formula is C13H14N2O4. The number of nitrogens with one attached hydrogen (secondary N) is 1. The molecule has 0 aliphatic rings. The number of carbonyl (C=O) groups is 3. The highest BCUT2D eigenvalue weighted by atomic mass is 16.4. The fraction of sp³-hybridized carbons (Fsp3) is 0.154. The first-order chi connectivity index (χ1) is 8.90. The van der Waals surface area contributed by atoms with Gasteiger partial charge in [0.1, 0.15) is 0 Å². The second kappa shape index (κ2) is 6.34. The molecule has 0 saturated carbocycles. The molecule has 1 aromatic carbocycles. The zero-order valence-electron chi connectivity index (χ0n) is 10.6. The Morgan fingerprint density at radius 2 is 1.68 bits per heavy atom. The van der Waals surface area contributed by atoms with Crippen LogP contribution in [0.4, 0.5) is 5.69 Å². The maximum atomic E-state index is 11.6. The Labute approximate surface area is 110 Å². The third kappa shape index (κ3) is 4.63. The maximum Gasteiger partial charge on any atom is 0.328 e. The molecule has 6 heteroatoms. The number of amides is 2. The van der Waals surface area contributed by atoms with Crippen molar-refractivity contribution in [2.45, 2.75) is 0 Å². The monoisotopic (exact) mass is 262 g/mol. The van der Waals surface area contributed by atoms with Gasteiger partial charge in [-0.15, -0.1) is 0 Å². The van der Waals surface area contributed by atoms with E-state index in [0.29, 0.717) is 11.3 Å². The first-order valence-corrected chi connectivity index (χ1v) is 5.44. The van der Waals surface area contributed by atoms with E-state index in [1.165, 1.54) is 4.90 Å². The molecule has 0 aliphatic heterocycles. The van der Waals surface area contributed by atoms with Crippen molar-refractivity contribution in [3.8, 4) is 0 Å². The Balaban J connectivity index is 2.70. The van der Waals surface area contributed by atoms with Crippen LogP contribution in [-0.2, 0) is 9.59 Å². The Hall–Kier alpha value is -2.63. The number of nitrogens with zero attached hydrogens (tertiary/aromatic N) is 1. The highest BCUT2D eigenvalue weighted by molar-refractivity contribution is 6.02. The number of carboxylic acid groups (broad SMARTS) is 1. The first kappa shape index (κ1) is 14.4. The van der Waals surface area contributed by atoms with Gasteiger partial charge in [0.05, 0.1) is 0 Å². The average Bonchev–Trinajstić information content (AvgIpc) is 2.36. The summed E-state index contributed by atoms with van der Waals surface area (Å²) in [6, 6.07) is 6.31. The molecule has 19 heavy (non-hydrogen) atoms. The molecule has 0 saturated heterocycles. The van der Waals surface area contributed by atoms with Crippen LogP contribution >= 0.6 is 0 Å². The Morgan fingerprint density at radius 3 is 2.16 bits per heavy atom. The molecule has 100 valence electrons. The van der Waals surface area contributed by atoms with Crippen molar-refractivity contribution < 1.29 is 19.5 Å². The van der Waals surface area contributed by atoms with E-state index < -0.39 is 11.9 Å². The van der Waals surface area contributed by atoms with Gasteiger partial charge in [0.25, 0.3) is 5.91 Å². The van der Waals surface area contributed by atoms with E-state index in [0.717, 1.165) is 12.2 Å². The van der Waals surface area contributed by atoms with Crippen LogP contribution in [-0.4, -0.2) is 41.9 Å². The molecule has 0 atom stereocenters. The number of benzene rings is 1. The maximum absolute atomic E-state index is 11.6. The molecule has 2 N–H and O–H groups in total. The van der Waals surface area contributed by atoms with Crippen LogP contribution in [0.2, 0.25) is 0 Å². The minimum Gasteiger partial charge on any atom is -0.478 e. The average molecular weight is 262 g/mol. The summed E-state index contributed by atoms with van der Waals surface area (Å²) in [7, 11) is 3.30. The third-order valence-electron chi connectivity index (χ3n) is 2.18. The number of anilines is 1. The van der Waals surface area contributed by atoms with Crippen LogP contribution in [0.5, 0.6) is 0 Å². The van der Waals surface area contributed by atoms with E-state index in [9.17, 15) is 14.4 Å². The van der Waals surface area contributed by atoms with E-state index in [2.05, 4.69) is 5.32 Å². The van der Waals surface area contributed by atoms with Crippen molar-refractivity contribution in [1.82, 2.24) is 4.90 Å². The zero-order valence-corrected chi connectivity index (χ0v) is 10.6. The van der Waals surface area contributed by atoms with Gasteiger partial charge in [0.2, 0.25) is 5.91 Å². The van der Waals surface area contributed by atoms with Gasteiger partial charge in [-0.1, -0.05) is 0 Å². The quantitative estimate of drug-likeness (QED) is 0.791. The SMILES string of the molecule is CN(C)C(=O)c1ccc(NC(=O)/C=C/C(=O)O)cc1. The summed E-state index contributed by atoms with van der Waals surface area (Å²) in [5.74, 6) is -1.88. The summed E-state index contributed by atoms with van der Waals surface area (Å²) in [5, 5.41) is 10.8. The van der Waals surface area contributed by atoms with E-state index in [1.54, 1.807) is 38.4 Å². The summed E-state index contributed by atoms with van der Waals surface area (Å²) >= 11 is 0. The van der Waals surface area contributed by atoms with E-state index in [-0.39, 0.29) is 5.91 Å². The smallest absolute Gasteiger partial charge is 0.328 e. The molecule has 0 heterocycles. The molecule has 0 aliphatic carbocycles. The van der Waals surface area contributed by atoms with Gasteiger partial charge < -0.3 is 15.3 Å². The minimum atomic E-state index is -1.19. The molecule has 2 amide bonds. The standard InChI is InChI=1S/C13H14N2O4/c1-15(2)13(19)9-3-5-10(6-4-9)14-11(16)7-8-12(17)18/h3-8H,1-2H3,(H,14,16)(H,17,18)/b8-7+. The van der Waals surface area contributed by atoms with Gasteiger partial charge in [-0.2, -0.15) is 0 Å². The van der Waals surface area contributed by atoms with Gasteiger partial charge >= 0.3 is 5.97 Å². The lowest BCUT2D eigenvalue weighted by molar-refractivity contribution is -0.131. The fourth-order valence-electron chi connectivity index (χ4n) is 1.29. The molecule has 0 fully saturated rings. The number of aliphatic carboxylic acids is 1. The number of hydrogen-bond acceptors (Lipinski definition) is 3. The van der Waals surface area contributed by atoms with E-state index in [4.69, 9.17) is 5.11 Å². The first-order valence-electron chi connectivity index (χ1n) is 5.44. The predicted molar refractivity (Wildman–Crippen MR) is 69.9 cm³/mol. The van der Waals surface area contributed by atoms with Gasteiger partial charge in [-0.3, -0.25) is 9.59 Å². The summed E-state index contributed by atoms with van der Waals surface area (Å²) in [5.41, 5.74) is 0.986. The van der Waals surface area contributed by atoms with Crippen LogP contribution in [0.3, 0.4) is 0 Å². The molecule has 0 spiro atoms. The van der Waals surface area contributed by atoms with Gasteiger partial charge in [0, 0.05) is 37.5 Å². The predicted octanol–water partition coefficient (Wildman–Crippen LogP) is 0.968. The summed E-state index contributed by atoms with van der Waals surface area (Å²) in [6.45, 7) is 0. The van der Waals surface area contributed by atoms with Crippen molar-refractivity contribution in [2.75, 3.05) is 19.4 Å². The van der Waals surface area contributed by atoms with Crippen molar-refractivity contribution in [1.29, 1.82) is 0 Å². The molecule has 0 unspecified atom stereocenters. The summed E-state index contributed by atoms with van der Waals surface area (Å²) in [4.78, 5) is 34.6. The van der Waals surface area contributed by atoms with Crippen molar-refractivity contribution in [3.05, 3.63) is 42.0 Å². The lowest BCUT2D eigenvalue weighted by Gasteiger charge is -2.10. The highest BCUT2D eigenvalue weighted by Crippen LogP contribution is 2.10. The fourth-order valence-corrected chi connectivity index (χ4v) is 1.29. The second-order valence-electron chi connectivity index (χ2n) is 3.94. The van der Waals surface area contributed by atoms with Crippen LogP contribution in [0, 0.1) is 0 Å². The molecule has 0 aromatic heterocycles. The van der Waals surface area contributed by atoms with E-state index >= 15 is 0 Å². The van der Waals surface area contributed by atoms with Crippen LogP contribution in [0.1, 0.15) is 10.4 Å². The topological polar surface area (TPSA) is 86.7 Å². The Morgan fingerprint density at radius 1 is 1.11 bits per heavy atom. The largest absolute Gasteiger partial charge is 0.478 e. The van der Waals surface area contributed by atoms with Crippen molar-refractivity contribution in [2.24, 2.45) is 0 Å². The van der Waals surface area contributed by atoms with Gasteiger partial charge in [-0.25, -0.2) is 4.79 Å². The molecule has 6 nitrogen and oxygen atoms in total. The van der Waals surface area contributed by atoms with Gasteiger partial charge in [0.15, 0.2) is 0 Å². The molecule has 0 radical (unpaired) electrons. The number of hydrogen-bond donors (Lipinski definition) is 2. The highest BCUT2D eigenvalue weighted by Gasteiger charge is 2.07. The molecule has 1 rings (SSSR count). The van der Waals surface area contributed by atoms with Crippen molar-refractivity contribution in [3.63, 3.8) is 0 Å². The van der Waals surface area contributed by atoms with Gasteiger partial charge in [-0.05, 0) is 24.3 Å². The molecule has 1 aromatic rings. The van der Waals surface area contributed by atoms with Crippen LogP contribution in [0.15, 0.2) is 36.4 Å². The zero-order chi connectivity index (χ0) is 14.4. The number of carbonyl (C=O) groups excluding carboxylic acids is 2. The second-order valence-corrected chi connectivity index (χ2v) is 3.94. The third-order valence-corrected chi connectivity index (χ3v) is 2.18. The lowest BCUT2D eigenvalue weighted by atomic mass is 10.2. The number of carboxylic acids is 1. The summed E-state index contributed by atoms with van der Waals surface area (Å²) < 4.78 is 0. The van der Waals surface area contributed by atoms with Crippen LogP contribution < -0.4 is 5.32 Å². The Bertz CT molecular complexity index is 518. The van der Waals surface area contributed by atoms with Crippen molar-refractivity contribution >= 4 is 23.5 Å². The Kier molecular flexibility index (Phi) is 4.82. The molecular weight excluding hydrogens is 248 g/mol. The summed E-state index contributed by atoms with van der Waals surface area (Å²) in [6.07, 6.45) is 1.67.